The van der Waals surface area contributed by atoms with Crippen molar-refractivity contribution in [2.75, 3.05) is 6.61 Å². The van der Waals surface area contributed by atoms with Gasteiger partial charge >= 0.3 is 11.9 Å². The van der Waals surface area contributed by atoms with Crippen LogP contribution in [0.4, 0.5) is 0 Å². The van der Waals surface area contributed by atoms with E-state index in [0.29, 0.717) is 19.4 Å². The lowest BCUT2D eigenvalue weighted by Gasteiger charge is -2.05. The molecule has 0 aromatic heterocycles. The van der Waals surface area contributed by atoms with E-state index in [9.17, 15) is 9.59 Å². The van der Waals surface area contributed by atoms with Crippen LogP contribution in [0.3, 0.4) is 0 Å². The summed E-state index contributed by atoms with van der Waals surface area (Å²) in [7, 11) is 0. The maximum absolute atomic E-state index is 11.7. The Morgan fingerprint density at radius 1 is 0.400 bits per heavy atom. The van der Waals surface area contributed by atoms with Gasteiger partial charge in [-0.3, -0.25) is 9.59 Å². The van der Waals surface area contributed by atoms with E-state index in [1.165, 1.54) is 154 Å². The van der Waals surface area contributed by atoms with Gasteiger partial charge in [0.25, 0.3) is 0 Å². The minimum absolute atomic E-state index is 0.0992. The predicted molar refractivity (Wildman–Crippen MR) is 172 cm³/mol. The highest BCUT2D eigenvalue weighted by Gasteiger charge is 2.03. The van der Waals surface area contributed by atoms with E-state index in [0.717, 1.165) is 32.1 Å². The van der Waals surface area contributed by atoms with Crippen LogP contribution in [0.2, 0.25) is 0 Å². The molecule has 0 amide bonds. The average molecular weight is 567 g/mol. The maximum atomic E-state index is 11.7. The summed E-state index contributed by atoms with van der Waals surface area (Å²) in [5.74, 6) is -0.840. The van der Waals surface area contributed by atoms with Crippen molar-refractivity contribution in [2.24, 2.45) is 0 Å². The van der Waals surface area contributed by atoms with Crippen LogP contribution in [0, 0.1) is 0 Å². The topological polar surface area (TPSA) is 63.6 Å². The van der Waals surface area contributed by atoms with Crippen molar-refractivity contribution >= 4 is 11.9 Å². The summed E-state index contributed by atoms with van der Waals surface area (Å²) >= 11 is 0. The molecule has 0 aromatic carbocycles. The number of rotatable bonds is 34. The number of carbonyl (C=O) groups is 2. The quantitative estimate of drug-likeness (QED) is 0.0621. The van der Waals surface area contributed by atoms with Gasteiger partial charge in [0.1, 0.15) is 0 Å². The second-order valence-electron chi connectivity index (χ2n) is 12.4. The first-order chi connectivity index (χ1) is 19.7. The largest absolute Gasteiger partial charge is 0.481 e. The Kier molecular flexibility index (Phi) is 33.2. The number of carbonyl (C=O) groups excluding carboxylic acids is 1. The Morgan fingerprint density at radius 3 is 1.00 bits per heavy atom. The second kappa shape index (κ2) is 34.1. The zero-order valence-electron chi connectivity index (χ0n) is 27.0. The Hall–Kier alpha value is -1.06. The Balaban J connectivity index is 3.11. The normalized spacial score (nSPS) is 11.2. The Labute approximate surface area is 250 Å². The molecule has 0 atom stereocenters. The van der Waals surface area contributed by atoms with Crippen molar-refractivity contribution in [3.8, 4) is 0 Å². The molecule has 0 aliphatic heterocycles. The highest BCUT2D eigenvalue weighted by atomic mass is 16.5. The van der Waals surface area contributed by atoms with Gasteiger partial charge in [0, 0.05) is 12.8 Å². The smallest absolute Gasteiger partial charge is 0.305 e. The van der Waals surface area contributed by atoms with Crippen molar-refractivity contribution < 1.29 is 19.4 Å². The number of carboxylic acids is 1. The van der Waals surface area contributed by atoms with Crippen LogP contribution in [-0.2, 0) is 14.3 Å². The Morgan fingerprint density at radius 2 is 0.675 bits per heavy atom. The maximum Gasteiger partial charge on any atom is 0.305 e. The van der Waals surface area contributed by atoms with Crippen LogP contribution in [0.15, 0.2) is 0 Å². The molecule has 4 heteroatoms. The molecule has 0 bridgehead atoms. The summed E-state index contributed by atoms with van der Waals surface area (Å²) in [5, 5.41) is 8.60. The van der Waals surface area contributed by atoms with Gasteiger partial charge in [0.15, 0.2) is 0 Å². The van der Waals surface area contributed by atoms with Crippen molar-refractivity contribution in [1.29, 1.82) is 0 Å². The fourth-order valence-electron chi connectivity index (χ4n) is 5.58. The number of unbranched alkanes of at least 4 members (excludes halogenated alkanes) is 28. The SMILES string of the molecule is CCCCCCCCCCCCCCCCCCCCCCCCCCCCOC(=O)CCCCCCC(=O)O. The molecule has 0 saturated heterocycles. The number of esters is 1. The molecule has 0 saturated carbocycles. The van der Waals surface area contributed by atoms with Gasteiger partial charge in [-0.15, -0.1) is 0 Å². The molecule has 0 fully saturated rings. The van der Waals surface area contributed by atoms with E-state index in [2.05, 4.69) is 6.92 Å². The van der Waals surface area contributed by atoms with Crippen LogP contribution in [-0.4, -0.2) is 23.7 Å². The summed E-state index contributed by atoms with van der Waals surface area (Å²) in [6.07, 6.45) is 40.3. The molecular weight excluding hydrogens is 496 g/mol. The molecule has 0 radical (unpaired) electrons. The van der Waals surface area contributed by atoms with Gasteiger partial charge in [-0.05, 0) is 19.3 Å². The van der Waals surface area contributed by atoms with E-state index in [1.807, 2.05) is 0 Å². The number of hydrogen-bond acceptors (Lipinski definition) is 3. The number of hydrogen-bond donors (Lipinski definition) is 1. The van der Waals surface area contributed by atoms with Crippen LogP contribution in [0.25, 0.3) is 0 Å². The average Bonchev–Trinajstić information content (AvgIpc) is 2.94. The van der Waals surface area contributed by atoms with Crippen LogP contribution < -0.4 is 0 Å². The van der Waals surface area contributed by atoms with E-state index < -0.39 is 5.97 Å². The fourth-order valence-corrected chi connectivity index (χ4v) is 5.58. The first kappa shape index (κ1) is 38.9. The molecule has 0 rings (SSSR count). The molecule has 1 N–H and O–H groups in total. The van der Waals surface area contributed by atoms with Gasteiger partial charge in [0.2, 0.25) is 0 Å². The van der Waals surface area contributed by atoms with Crippen LogP contribution in [0.1, 0.15) is 212 Å². The summed E-state index contributed by atoms with van der Waals surface area (Å²) < 4.78 is 5.31. The molecular formula is C36H70O4. The van der Waals surface area contributed by atoms with Crippen molar-refractivity contribution in [3.05, 3.63) is 0 Å². The molecule has 0 unspecified atom stereocenters. The zero-order valence-corrected chi connectivity index (χ0v) is 27.0. The highest BCUT2D eigenvalue weighted by Crippen LogP contribution is 2.16. The second-order valence-corrected chi connectivity index (χ2v) is 12.4. The van der Waals surface area contributed by atoms with E-state index in [-0.39, 0.29) is 12.4 Å². The minimum Gasteiger partial charge on any atom is -0.481 e. The van der Waals surface area contributed by atoms with E-state index in [4.69, 9.17) is 9.84 Å². The lowest BCUT2D eigenvalue weighted by Crippen LogP contribution is -2.05. The van der Waals surface area contributed by atoms with Gasteiger partial charge in [0.05, 0.1) is 6.61 Å². The van der Waals surface area contributed by atoms with Crippen molar-refractivity contribution in [1.82, 2.24) is 0 Å². The van der Waals surface area contributed by atoms with Crippen molar-refractivity contribution in [2.45, 2.75) is 212 Å². The van der Waals surface area contributed by atoms with E-state index in [1.54, 1.807) is 0 Å². The predicted octanol–water partition coefficient (Wildman–Crippen LogP) is 12.1. The van der Waals surface area contributed by atoms with Gasteiger partial charge < -0.3 is 9.84 Å². The lowest BCUT2D eigenvalue weighted by molar-refractivity contribution is -0.144. The summed E-state index contributed by atoms with van der Waals surface area (Å²) in [6, 6.07) is 0. The molecule has 0 heterocycles. The molecule has 0 aliphatic carbocycles. The molecule has 0 aromatic rings. The third kappa shape index (κ3) is 35.0. The van der Waals surface area contributed by atoms with Crippen LogP contribution in [0.5, 0.6) is 0 Å². The summed E-state index contributed by atoms with van der Waals surface area (Å²) in [5.41, 5.74) is 0. The summed E-state index contributed by atoms with van der Waals surface area (Å²) in [6.45, 7) is 2.85. The third-order valence-corrected chi connectivity index (χ3v) is 8.28. The molecule has 40 heavy (non-hydrogen) atoms. The standard InChI is InChI=1S/C36H70O4/c1-2-3-4-5-6-7-8-9-10-11-12-13-14-15-16-17-18-19-20-21-22-23-24-25-28-31-34-40-36(39)33-30-27-26-29-32-35(37)38/h2-34H2,1H3,(H,37,38). The minimum atomic E-state index is -0.740. The fraction of sp³-hybridized carbons (Fsp3) is 0.944. The van der Waals surface area contributed by atoms with Gasteiger partial charge in [-0.2, -0.15) is 0 Å². The van der Waals surface area contributed by atoms with Crippen LogP contribution >= 0.6 is 0 Å². The number of aliphatic carboxylic acids is 1. The monoisotopic (exact) mass is 567 g/mol. The lowest BCUT2D eigenvalue weighted by atomic mass is 10.0. The summed E-state index contributed by atoms with van der Waals surface area (Å²) in [4.78, 5) is 22.2. The Bertz CT molecular complexity index is 519. The highest BCUT2D eigenvalue weighted by molar-refractivity contribution is 5.69. The first-order valence-corrected chi connectivity index (χ1v) is 18.0. The zero-order chi connectivity index (χ0) is 29.2. The molecule has 238 valence electrons. The van der Waals surface area contributed by atoms with E-state index >= 15 is 0 Å². The molecule has 4 nitrogen and oxygen atoms in total. The molecule has 0 spiro atoms. The number of carboxylic acid groups (broad SMARTS) is 1. The van der Waals surface area contributed by atoms with Gasteiger partial charge in [-0.1, -0.05) is 180 Å². The van der Waals surface area contributed by atoms with Crippen molar-refractivity contribution in [3.63, 3.8) is 0 Å². The van der Waals surface area contributed by atoms with Gasteiger partial charge in [-0.25, -0.2) is 0 Å². The third-order valence-electron chi connectivity index (χ3n) is 8.28. The first-order valence-electron chi connectivity index (χ1n) is 18.0. The number of ether oxygens (including phenoxy) is 1. The molecule has 0 aliphatic rings.